The molecule has 0 aliphatic rings. The number of amides is 1. The normalized spacial score (nSPS) is 10.9. The molecule has 3 N–H and O–H groups in total. The van der Waals surface area contributed by atoms with Gasteiger partial charge in [0.05, 0.1) is 6.54 Å². The lowest BCUT2D eigenvalue weighted by Gasteiger charge is -2.08. The Hall–Kier alpha value is -2.11. The number of anilines is 1. The van der Waals surface area contributed by atoms with Crippen LogP contribution in [0.2, 0.25) is 0 Å². The highest BCUT2D eigenvalue weighted by Gasteiger charge is 2.05. The summed E-state index contributed by atoms with van der Waals surface area (Å²) in [4.78, 5) is 15.3. The topological polar surface area (TPSA) is 56.9 Å². The van der Waals surface area contributed by atoms with Crippen LogP contribution in [0.3, 0.4) is 0 Å². The van der Waals surface area contributed by atoms with Crippen LogP contribution in [0, 0.1) is 6.92 Å². The fourth-order valence-electron chi connectivity index (χ4n) is 2.69. The summed E-state index contributed by atoms with van der Waals surface area (Å²) in [6.07, 6.45) is 2.92. The minimum absolute atomic E-state index is 0.0318. The Morgan fingerprint density at radius 1 is 1.21 bits per heavy atom. The summed E-state index contributed by atoms with van der Waals surface area (Å²) in [6, 6.07) is 14.0. The molecule has 1 heterocycles. The number of hydrogen-bond acceptors (Lipinski definition) is 2. The van der Waals surface area contributed by atoms with Crippen LogP contribution in [0.15, 0.2) is 53.1 Å². The van der Waals surface area contributed by atoms with Gasteiger partial charge in [0, 0.05) is 27.3 Å². The Kier molecular flexibility index (Phi) is 5.33. The van der Waals surface area contributed by atoms with Gasteiger partial charge in [0.2, 0.25) is 5.91 Å². The molecule has 0 unspecified atom stereocenters. The van der Waals surface area contributed by atoms with E-state index < -0.39 is 0 Å². The average molecular weight is 386 g/mol. The van der Waals surface area contributed by atoms with Gasteiger partial charge in [0.1, 0.15) is 0 Å². The summed E-state index contributed by atoms with van der Waals surface area (Å²) in [6.45, 7) is 3.06. The number of rotatable bonds is 6. The summed E-state index contributed by atoms with van der Waals surface area (Å²) < 4.78 is 1.04. The van der Waals surface area contributed by atoms with Crippen molar-refractivity contribution >= 4 is 38.4 Å². The first-order valence-electron chi connectivity index (χ1n) is 7.95. The molecule has 0 saturated carbocycles. The lowest BCUT2D eigenvalue weighted by atomic mass is 10.1. The number of carbonyl (C=O) groups excluding carboxylic acids is 1. The molecule has 0 atom stereocenters. The molecule has 0 bridgehead atoms. The average Bonchev–Trinajstić information content (AvgIpc) is 2.98. The van der Waals surface area contributed by atoms with Gasteiger partial charge in [-0.3, -0.25) is 4.79 Å². The van der Waals surface area contributed by atoms with Gasteiger partial charge in [-0.2, -0.15) is 0 Å². The van der Waals surface area contributed by atoms with Crippen molar-refractivity contribution in [3.05, 3.63) is 64.3 Å². The molecule has 1 amide bonds. The quantitative estimate of drug-likeness (QED) is 0.561. The van der Waals surface area contributed by atoms with E-state index in [9.17, 15) is 4.79 Å². The Labute approximate surface area is 149 Å². The lowest BCUT2D eigenvalue weighted by Crippen LogP contribution is -2.29. The number of benzene rings is 2. The van der Waals surface area contributed by atoms with Crippen LogP contribution in [-0.2, 0) is 11.2 Å². The van der Waals surface area contributed by atoms with Crippen LogP contribution in [0.4, 0.5) is 5.69 Å². The predicted molar refractivity (Wildman–Crippen MR) is 102 cm³/mol. The molecular formula is C19H20BrN3O. The Bertz CT molecular complexity index is 857. The molecule has 1 aromatic heterocycles. The summed E-state index contributed by atoms with van der Waals surface area (Å²) in [7, 11) is 0. The van der Waals surface area contributed by atoms with Gasteiger partial charge in [0.25, 0.3) is 0 Å². The first kappa shape index (κ1) is 16.7. The van der Waals surface area contributed by atoms with Crippen molar-refractivity contribution in [1.82, 2.24) is 10.3 Å². The number of nitrogens with one attached hydrogen (secondary N) is 3. The zero-order valence-electron chi connectivity index (χ0n) is 13.5. The van der Waals surface area contributed by atoms with Crippen LogP contribution in [-0.4, -0.2) is 24.0 Å². The zero-order valence-corrected chi connectivity index (χ0v) is 15.1. The third-order valence-electron chi connectivity index (χ3n) is 3.97. The molecule has 0 spiro atoms. The summed E-state index contributed by atoms with van der Waals surface area (Å²) in [5.74, 6) is -0.0318. The molecule has 3 aromatic rings. The van der Waals surface area contributed by atoms with Gasteiger partial charge >= 0.3 is 0 Å². The highest BCUT2D eigenvalue weighted by Crippen LogP contribution is 2.20. The van der Waals surface area contributed by atoms with E-state index in [4.69, 9.17) is 0 Å². The minimum Gasteiger partial charge on any atom is -0.361 e. The van der Waals surface area contributed by atoms with Gasteiger partial charge in [-0.15, -0.1) is 0 Å². The van der Waals surface area contributed by atoms with E-state index in [0.29, 0.717) is 6.54 Å². The van der Waals surface area contributed by atoms with Crippen LogP contribution in [0.1, 0.15) is 11.1 Å². The van der Waals surface area contributed by atoms with Gasteiger partial charge < -0.3 is 15.6 Å². The number of carbonyl (C=O) groups is 1. The molecule has 3 rings (SSSR count). The molecular weight excluding hydrogens is 366 g/mol. The van der Waals surface area contributed by atoms with Gasteiger partial charge in [0.15, 0.2) is 0 Å². The van der Waals surface area contributed by atoms with Crippen molar-refractivity contribution in [2.45, 2.75) is 13.3 Å². The Morgan fingerprint density at radius 2 is 2.04 bits per heavy atom. The second kappa shape index (κ2) is 7.64. The number of aromatic amines is 1. The fourth-order valence-corrected chi connectivity index (χ4v) is 2.94. The summed E-state index contributed by atoms with van der Waals surface area (Å²) in [5.41, 5.74) is 4.33. The number of para-hydroxylation sites is 1. The molecule has 4 nitrogen and oxygen atoms in total. The summed E-state index contributed by atoms with van der Waals surface area (Å²) in [5, 5.41) is 7.35. The van der Waals surface area contributed by atoms with Crippen LogP contribution in [0.5, 0.6) is 0 Å². The van der Waals surface area contributed by atoms with Crippen molar-refractivity contribution in [2.75, 3.05) is 18.4 Å². The standard InChI is InChI=1S/C19H20BrN3O/c1-13-10-15(6-7-17(13)20)23-19(24)12-21-9-8-14-11-22-18-5-3-2-4-16(14)18/h2-7,10-11,21-22H,8-9,12H2,1H3,(H,23,24). The molecule has 5 heteroatoms. The Morgan fingerprint density at radius 3 is 2.88 bits per heavy atom. The highest BCUT2D eigenvalue weighted by molar-refractivity contribution is 9.10. The fraction of sp³-hybridized carbons (Fsp3) is 0.211. The molecule has 0 radical (unpaired) electrons. The van der Waals surface area contributed by atoms with Gasteiger partial charge in [-0.25, -0.2) is 0 Å². The van der Waals surface area contributed by atoms with E-state index in [2.05, 4.69) is 43.7 Å². The van der Waals surface area contributed by atoms with Crippen molar-refractivity contribution in [1.29, 1.82) is 0 Å². The Balaban J connectivity index is 1.46. The maximum Gasteiger partial charge on any atom is 0.238 e. The van der Waals surface area contributed by atoms with Crippen LogP contribution >= 0.6 is 15.9 Å². The minimum atomic E-state index is -0.0318. The molecule has 124 valence electrons. The lowest BCUT2D eigenvalue weighted by molar-refractivity contribution is -0.115. The summed E-state index contributed by atoms with van der Waals surface area (Å²) >= 11 is 3.46. The predicted octanol–water partition coefficient (Wildman–Crippen LogP) is 4.01. The maximum absolute atomic E-state index is 12.0. The van der Waals surface area contributed by atoms with Gasteiger partial charge in [-0.05, 0) is 55.3 Å². The molecule has 24 heavy (non-hydrogen) atoms. The SMILES string of the molecule is Cc1cc(NC(=O)CNCCc2c[nH]c3ccccc23)ccc1Br. The molecule has 0 aliphatic heterocycles. The van der Waals surface area contributed by atoms with E-state index in [1.54, 1.807) is 0 Å². The third-order valence-corrected chi connectivity index (χ3v) is 4.86. The van der Waals surface area contributed by atoms with E-state index in [-0.39, 0.29) is 5.91 Å². The second-order valence-electron chi connectivity index (χ2n) is 5.80. The largest absolute Gasteiger partial charge is 0.361 e. The molecule has 0 saturated heterocycles. The number of halogens is 1. The van der Waals surface area contributed by atoms with Crippen molar-refractivity contribution in [3.63, 3.8) is 0 Å². The number of aryl methyl sites for hydroxylation is 1. The maximum atomic E-state index is 12.0. The molecule has 2 aromatic carbocycles. The van der Waals surface area contributed by atoms with Crippen molar-refractivity contribution < 1.29 is 4.79 Å². The first-order chi connectivity index (χ1) is 11.6. The number of H-pyrrole nitrogens is 1. The number of hydrogen-bond donors (Lipinski definition) is 3. The molecule has 0 aliphatic carbocycles. The van der Waals surface area contributed by atoms with Gasteiger partial charge in [-0.1, -0.05) is 34.1 Å². The highest BCUT2D eigenvalue weighted by atomic mass is 79.9. The van der Waals surface area contributed by atoms with Crippen LogP contribution < -0.4 is 10.6 Å². The van der Waals surface area contributed by atoms with Crippen molar-refractivity contribution in [3.8, 4) is 0 Å². The van der Waals surface area contributed by atoms with E-state index in [0.717, 1.165) is 34.2 Å². The van der Waals surface area contributed by atoms with E-state index in [1.165, 1.54) is 10.9 Å². The monoisotopic (exact) mass is 385 g/mol. The number of fused-ring (bicyclic) bond motifs is 1. The van der Waals surface area contributed by atoms with E-state index in [1.807, 2.05) is 43.5 Å². The van der Waals surface area contributed by atoms with Crippen molar-refractivity contribution in [2.24, 2.45) is 0 Å². The number of aromatic nitrogens is 1. The zero-order chi connectivity index (χ0) is 16.9. The van der Waals surface area contributed by atoms with E-state index >= 15 is 0 Å². The first-order valence-corrected chi connectivity index (χ1v) is 8.74. The third kappa shape index (κ3) is 4.04. The van der Waals surface area contributed by atoms with Crippen LogP contribution in [0.25, 0.3) is 10.9 Å². The smallest absolute Gasteiger partial charge is 0.238 e. The second-order valence-corrected chi connectivity index (χ2v) is 6.65. The molecule has 0 fully saturated rings.